The molecule has 0 bridgehead atoms. The van der Waals surface area contributed by atoms with Crippen molar-refractivity contribution in [3.8, 4) is 5.75 Å². The summed E-state index contributed by atoms with van der Waals surface area (Å²) in [5.74, 6) is -0.558. The topological polar surface area (TPSA) is 128 Å². The second-order valence-electron chi connectivity index (χ2n) is 5.11. The molecule has 0 saturated heterocycles. The van der Waals surface area contributed by atoms with E-state index in [1.54, 1.807) is 13.8 Å². The van der Waals surface area contributed by atoms with Crippen molar-refractivity contribution >= 4 is 21.8 Å². The van der Waals surface area contributed by atoms with Crippen molar-refractivity contribution in [2.75, 3.05) is 20.2 Å². The fourth-order valence-electron chi connectivity index (χ4n) is 1.70. The first-order valence-corrected chi connectivity index (χ1v) is 8.48. The zero-order valence-electron chi connectivity index (χ0n) is 13.3. The molecule has 0 radical (unpaired) electrons. The predicted octanol–water partition coefficient (Wildman–Crippen LogP) is -0.155. The van der Waals surface area contributed by atoms with Gasteiger partial charge in [0.25, 0.3) is 5.91 Å². The Hall–Kier alpha value is -2.13. The number of ether oxygens (including phenoxy) is 1. The monoisotopic (exact) mass is 343 g/mol. The number of primary sulfonamides is 1. The third-order valence-corrected chi connectivity index (χ3v) is 3.89. The van der Waals surface area contributed by atoms with E-state index in [0.717, 1.165) is 6.07 Å². The van der Waals surface area contributed by atoms with E-state index in [9.17, 15) is 18.0 Å². The number of nitrogens with one attached hydrogen (secondary N) is 2. The van der Waals surface area contributed by atoms with Crippen LogP contribution in [0.5, 0.6) is 5.75 Å². The molecule has 1 rings (SSSR count). The maximum Gasteiger partial charge on any atom is 0.255 e. The summed E-state index contributed by atoms with van der Waals surface area (Å²) in [6.07, 6.45) is 0. The molecule has 1 aromatic rings. The summed E-state index contributed by atoms with van der Waals surface area (Å²) in [6.45, 7) is 3.98. The van der Waals surface area contributed by atoms with Crippen LogP contribution in [0.3, 0.4) is 0 Å². The molecule has 0 fully saturated rings. The number of carbonyl (C=O) groups excluding carboxylic acids is 2. The van der Waals surface area contributed by atoms with E-state index < -0.39 is 15.9 Å². The van der Waals surface area contributed by atoms with Gasteiger partial charge in [-0.3, -0.25) is 9.59 Å². The van der Waals surface area contributed by atoms with Gasteiger partial charge in [-0.05, 0) is 18.2 Å². The zero-order chi connectivity index (χ0) is 17.6. The van der Waals surface area contributed by atoms with E-state index in [2.05, 4.69) is 10.6 Å². The fraction of sp³-hybridized carbons (Fsp3) is 0.429. The summed E-state index contributed by atoms with van der Waals surface area (Å²) in [4.78, 5) is 23.3. The number of hydrogen-bond donors (Lipinski definition) is 3. The highest BCUT2D eigenvalue weighted by Gasteiger charge is 2.17. The minimum absolute atomic E-state index is 0.0502. The quantitative estimate of drug-likeness (QED) is 0.593. The lowest BCUT2D eigenvalue weighted by Crippen LogP contribution is -2.36. The SMILES string of the molecule is COc1ccc(S(N)(=O)=O)cc1C(=O)NCCNC(=O)C(C)C. The molecule has 0 aromatic heterocycles. The second-order valence-corrected chi connectivity index (χ2v) is 6.67. The van der Waals surface area contributed by atoms with E-state index in [0.29, 0.717) is 0 Å². The number of carbonyl (C=O) groups is 2. The van der Waals surface area contributed by atoms with Gasteiger partial charge in [-0.2, -0.15) is 0 Å². The third-order valence-electron chi connectivity index (χ3n) is 2.98. The van der Waals surface area contributed by atoms with Gasteiger partial charge in [-0.1, -0.05) is 13.8 Å². The minimum Gasteiger partial charge on any atom is -0.496 e. The average molecular weight is 343 g/mol. The first-order chi connectivity index (χ1) is 10.7. The van der Waals surface area contributed by atoms with Gasteiger partial charge in [0.05, 0.1) is 17.6 Å². The van der Waals surface area contributed by atoms with Crippen molar-refractivity contribution in [1.29, 1.82) is 0 Å². The lowest BCUT2D eigenvalue weighted by molar-refractivity contribution is -0.123. The van der Waals surface area contributed by atoms with Crippen LogP contribution < -0.4 is 20.5 Å². The predicted molar refractivity (Wildman–Crippen MR) is 84.5 cm³/mol. The smallest absolute Gasteiger partial charge is 0.255 e. The van der Waals surface area contributed by atoms with Crippen LogP contribution in [0.15, 0.2) is 23.1 Å². The van der Waals surface area contributed by atoms with Crippen LogP contribution in [0, 0.1) is 5.92 Å². The highest BCUT2D eigenvalue weighted by molar-refractivity contribution is 7.89. The highest BCUT2D eigenvalue weighted by atomic mass is 32.2. The van der Waals surface area contributed by atoms with Crippen LogP contribution in [0.1, 0.15) is 24.2 Å². The van der Waals surface area contributed by atoms with E-state index >= 15 is 0 Å². The van der Waals surface area contributed by atoms with Crippen LogP contribution in [-0.2, 0) is 14.8 Å². The van der Waals surface area contributed by atoms with Crippen molar-refractivity contribution in [2.24, 2.45) is 11.1 Å². The number of amides is 2. The molecular formula is C14H21N3O5S. The maximum atomic E-state index is 12.1. The molecule has 4 N–H and O–H groups in total. The lowest BCUT2D eigenvalue weighted by Gasteiger charge is -2.11. The van der Waals surface area contributed by atoms with Crippen LogP contribution in [0.2, 0.25) is 0 Å². The number of methoxy groups -OCH3 is 1. The fourth-order valence-corrected chi connectivity index (χ4v) is 2.24. The van der Waals surface area contributed by atoms with Crippen LogP contribution >= 0.6 is 0 Å². The summed E-state index contributed by atoms with van der Waals surface area (Å²) >= 11 is 0. The number of benzene rings is 1. The Morgan fingerprint density at radius 1 is 1.22 bits per heavy atom. The summed E-state index contributed by atoms with van der Waals surface area (Å²) in [7, 11) is -2.56. The van der Waals surface area contributed by atoms with Gasteiger partial charge in [0.15, 0.2) is 0 Å². The molecule has 1 aromatic carbocycles. The van der Waals surface area contributed by atoms with Gasteiger partial charge in [0.2, 0.25) is 15.9 Å². The van der Waals surface area contributed by atoms with E-state index in [-0.39, 0.29) is 41.1 Å². The molecule has 0 spiro atoms. The first kappa shape index (κ1) is 18.9. The van der Waals surface area contributed by atoms with Crippen molar-refractivity contribution in [3.63, 3.8) is 0 Å². The molecule has 0 atom stereocenters. The number of nitrogens with two attached hydrogens (primary N) is 1. The Morgan fingerprint density at radius 2 is 1.83 bits per heavy atom. The molecule has 2 amide bonds. The number of sulfonamides is 1. The van der Waals surface area contributed by atoms with Gasteiger partial charge in [0, 0.05) is 19.0 Å². The number of hydrogen-bond acceptors (Lipinski definition) is 5. The van der Waals surface area contributed by atoms with Gasteiger partial charge in [-0.25, -0.2) is 13.6 Å². The van der Waals surface area contributed by atoms with Crippen LogP contribution in [0.25, 0.3) is 0 Å². The van der Waals surface area contributed by atoms with E-state index in [1.165, 1.54) is 19.2 Å². The summed E-state index contributed by atoms with van der Waals surface area (Å²) in [5.41, 5.74) is 0.0502. The van der Waals surface area contributed by atoms with Crippen molar-refractivity contribution in [1.82, 2.24) is 10.6 Å². The van der Waals surface area contributed by atoms with Gasteiger partial charge >= 0.3 is 0 Å². The summed E-state index contributed by atoms with van der Waals surface area (Å²) in [5, 5.41) is 10.3. The molecule has 0 aliphatic carbocycles. The Bertz CT molecular complexity index is 686. The maximum absolute atomic E-state index is 12.1. The third kappa shape index (κ3) is 5.53. The van der Waals surface area contributed by atoms with Gasteiger partial charge in [-0.15, -0.1) is 0 Å². The van der Waals surface area contributed by atoms with Crippen molar-refractivity contribution in [3.05, 3.63) is 23.8 Å². The van der Waals surface area contributed by atoms with Crippen molar-refractivity contribution in [2.45, 2.75) is 18.7 Å². The minimum atomic E-state index is -3.92. The average Bonchev–Trinajstić information content (AvgIpc) is 2.49. The Labute approximate surface area is 135 Å². The van der Waals surface area contributed by atoms with Crippen molar-refractivity contribution < 1.29 is 22.7 Å². The molecule has 0 aliphatic heterocycles. The van der Waals surface area contributed by atoms with E-state index in [1.807, 2.05) is 0 Å². The molecule has 0 heterocycles. The first-order valence-electron chi connectivity index (χ1n) is 6.93. The van der Waals surface area contributed by atoms with Gasteiger partial charge < -0.3 is 15.4 Å². The van der Waals surface area contributed by atoms with E-state index in [4.69, 9.17) is 9.88 Å². The Morgan fingerprint density at radius 3 is 2.35 bits per heavy atom. The highest BCUT2D eigenvalue weighted by Crippen LogP contribution is 2.21. The summed E-state index contributed by atoms with van der Waals surface area (Å²) < 4.78 is 27.8. The standard InChI is InChI=1S/C14H21N3O5S/c1-9(2)13(18)16-6-7-17-14(19)11-8-10(23(15,20)21)4-5-12(11)22-3/h4-5,8-9H,6-7H2,1-3H3,(H,16,18)(H,17,19)(H2,15,20,21). The molecule has 23 heavy (non-hydrogen) atoms. The normalized spacial score (nSPS) is 11.2. The molecule has 0 unspecified atom stereocenters. The summed E-state index contributed by atoms with van der Waals surface area (Å²) in [6, 6.07) is 3.76. The molecular weight excluding hydrogens is 322 g/mol. The second kappa shape index (κ2) is 7.93. The van der Waals surface area contributed by atoms with Crippen LogP contribution in [-0.4, -0.2) is 40.4 Å². The van der Waals surface area contributed by atoms with Gasteiger partial charge in [0.1, 0.15) is 5.75 Å². The number of rotatable bonds is 7. The zero-order valence-corrected chi connectivity index (χ0v) is 14.1. The Balaban J connectivity index is 2.77. The van der Waals surface area contributed by atoms with Crippen LogP contribution in [0.4, 0.5) is 0 Å². The molecule has 9 heteroatoms. The largest absolute Gasteiger partial charge is 0.496 e. The molecule has 0 saturated carbocycles. The molecule has 0 aliphatic rings. The molecule has 128 valence electrons. The molecule has 8 nitrogen and oxygen atoms in total. The lowest BCUT2D eigenvalue weighted by atomic mass is 10.2. The Kier molecular flexibility index (Phi) is 6.52.